The number of carbonyl (C=O) groups excluding carboxylic acids is 1. The summed E-state index contributed by atoms with van der Waals surface area (Å²) in [5.74, 6) is -0.583. The zero-order valence-corrected chi connectivity index (χ0v) is 26.4. The molecule has 46 heavy (non-hydrogen) atoms. The van der Waals surface area contributed by atoms with Crippen LogP contribution >= 0.6 is 0 Å². The Morgan fingerprint density at radius 2 is 1.93 bits per heavy atom. The number of carbonyl (C=O) groups is 1. The zero-order chi connectivity index (χ0) is 32.6. The Kier molecular flexibility index (Phi) is 6.88. The molecule has 1 fully saturated rings. The van der Waals surface area contributed by atoms with Crippen LogP contribution in [0.25, 0.3) is 39.0 Å². The van der Waals surface area contributed by atoms with Crippen LogP contribution in [-0.2, 0) is 11.8 Å². The molecule has 2 aromatic carbocycles. The largest absolute Gasteiger partial charge is 0.484 e. The van der Waals surface area contributed by atoms with Gasteiger partial charge in [0.2, 0.25) is 11.7 Å². The molecule has 1 amide bonds. The Bertz CT molecular complexity index is 2210. The van der Waals surface area contributed by atoms with Gasteiger partial charge in [-0.2, -0.15) is 0 Å². The molecule has 3 aromatic heterocycles. The lowest BCUT2D eigenvalue weighted by Crippen LogP contribution is -2.62. The summed E-state index contributed by atoms with van der Waals surface area (Å²) < 4.78 is 25.8. The van der Waals surface area contributed by atoms with Crippen molar-refractivity contribution in [2.45, 2.75) is 45.7 Å². The number of ether oxygens (including phenoxy) is 1. The standard InChI is InChI=1S/C35H35FN6O4/c1-7-27(43)40-16-21-17-46-32-30(41(21)15-20(40)5)23-14-24(36)29(28-19(4)12-13-25-31(28)39(6)35(45)37-25)38-33(23)42(34(32)44)26-11-9-8-10-22(26)18(2)3/h7-14,18,20-21H,1,15-17H2,2-6H3,(H,37,45). The summed E-state index contributed by atoms with van der Waals surface area (Å²) in [6.45, 7) is 12.5. The molecule has 11 heteroatoms. The number of nitrogens with zero attached hydrogens (tertiary/aromatic N) is 5. The number of aromatic nitrogens is 4. The van der Waals surface area contributed by atoms with E-state index in [1.165, 1.54) is 21.3 Å². The predicted molar refractivity (Wildman–Crippen MR) is 177 cm³/mol. The second kappa shape index (κ2) is 10.7. The minimum absolute atomic E-state index is 0.0309. The number of fused-ring (bicyclic) bond motifs is 6. The molecule has 10 nitrogen and oxygen atoms in total. The molecule has 0 spiro atoms. The summed E-state index contributed by atoms with van der Waals surface area (Å²) >= 11 is 0. The van der Waals surface area contributed by atoms with Crippen LogP contribution in [0.2, 0.25) is 0 Å². The maximum Gasteiger partial charge on any atom is 0.326 e. The van der Waals surface area contributed by atoms with E-state index in [-0.39, 0.29) is 53.3 Å². The number of amides is 1. The number of benzene rings is 2. The monoisotopic (exact) mass is 622 g/mol. The first kappa shape index (κ1) is 29.5. The maximum atomic E-state index is 16.6. The minimum Gasteiger partial charge on any atom is -0.484 e. The number of nitrogens with one attached hydrogen (secondary N) is 1. The fourth-order valence-corrected chi connectivity index (χ4v) is 7.04. The van der Waals surface area contributed by atoms with E-state index in [1.54, 1.807) is 18.0 Å². The molecular weight excluding hydrogens is 587 g/mol. The molecule has 7 rings (SSSR count). The van der Waals surface area contributed by atoms with Crippen molar-refractivity contribution in [3.63, 3.8) is 0 Å². The van der Waals surface area contributed by atoms with E-state index in [1.807, 2.05) is 58.0 Å². The van der Waals surface area contributed by atoms with E-state index in [0.29, 0.717) is 46.4 Å². The molecule has 0 saturated carbocycles. The van der Waals surface area contributed by atoms with Crippen LogP contribution in [-0.4, -0.2) is 61.7 Å². The molecule has 0 radical (unpaired) electrons. The lowest BCUT2D eigenvalue weighted by molar-refractivity contribution is -0.129. The second-order valence-corrected chi connectivity index (χ2v) is 12.5. The van der Waals surface area contributed by atoms with Crippen molar-refractivity contribution in [3.8, 4) is 22.7 Å². The van der Waals surface area contributed by atoms with Gasteiger partial charge in [0.1, 0.15) is 18.1 Å². The molecule has 5 aromatic rings. The normalized spacial score (nSPS) is 17.7. The van der Waals surface area contributed by atoms with Crippen molar-refractivity contribution in [1.29, 1.82) is 0 Å². The number of para-hydroxylation sites is 1. The van der Waals surface area contributed by atoms with E-state index in [4.69, 9.17) is 9.72 Å². The summed E-state index contributed by atoms with van der Waals surface area (Å²) in [4.78, 5) is 51.4. The molecule has 0 aliphatic carbocycles. The van der Waals surface area contributed by atoms with Crippen LogP contribution in [0.4, 0.5) is 10.1 Å². The highest BCUT2D eigenvalue weighted by Crippen LogP contribution is 2.42. The first-order valence-corrected chi connectivity index (χ1v) is 15.4. The molecule has 0 bridgehead atoms. The molecule has 2 atom stereocenters. The second-order valence-electron chi connectivity index (χ2n) is 12.5. The molecule has 2 aliphatic rings. The number of hydrogen-bond acceptors (Lipinski definition) is 6. The third kappa shape index (κ3) is 4.28. The van der Waals surface area contributed by atoms with Crippen molar-refractivity contribution in [2.75, 3.05) is 24.6 Å². The average molecular weight is 623 g/mol. The van der Waals surface area contributed by atoms with Gasteiger partial charge in [0, 0.05) is 37.1 Å². The lowest BCUT2D eigenvalue weighted by Gasteiger charge is -2.48. The zero-order valence-electron chi connectivity index (χ0n) is 26.4. The number of pyridine rings is 2. The predicted octanol–water partition coefficient (Wildman–Crippen LogP) is 4.79. The Labute approximate surface area is 264 Å². The average Bonchev–Trinajstić information content (AvgIpc) is 3.33. The third-order valence-corrected chi connectivity index (χ3v) is 9.35. The Morgan fingerprint density at radius 3 is 2.67 bits per heavy atom. The number of aryl methyl sites for hydroxylation is 2. The summed E-state index contributed by atoms with van der Waals surface area (Å²) in [7, 11) is 1.63. The fourth-order valence-electron chi connectivity index (χ4n) is 7.04. The van der Waals surface area contributed by atoms with E-state index in [9.17, 15) is 14.4 Å². The van der Waals surface area contributed by atoms with Crippen LogP contribution in [0.5, 0.6) is 5.75 Å². The summed E-state index contributed by atoms with van der Waals surface area (Å²) in [6.07, 6.45) is 1.30. The highest BCUT2D eigenvalue weighted by molar-refractivity contribution is 5.99. The number of H-pyrrole nitrogens is 1. The van der Waals surface area contributed by atoms with Gasteiger partial charge < -0.3 is 19.5 Å². The van der Waals surface area contributed by atoms with E-state index >= 15 is 4.39 Å². The number of rotatable bonds is 4. The van der Waals surface area contributed by atoms with Gasteiger partial charge in [-0.25, -0.2) is 14.2 Å². The van der Waals surface area contributed by atoms with Crippen LogP contribution in [0.3, 0.4) is 0 Å². The quantitative estimate of drug-likeness (QED) is 0.289. The number of halogens is 1. The smallest absolute Gasteiger partial charge is 0.326 e. The number of piperazine rings is 1. The van der Waals surface area contributed by atoms with Crippen molar-refractivity contribution >= 4 is 33.7 Å². The number of hydrogen-bond donors (Lipinski definition) is 1. The number of aromatic amines is 1. The number of imidazole rings is 1. The molecule has 1 saturated heterocycles. The van der Waals surface area contributed by atoms with Crippen LogP contribution in [0.15, 0.2) is 64.7 Å². The first-order valence-electron chi connectivity index (χ1n) is 15.4. The van der Waals surface area contributed by atoms with Gasteiger partial charge in [-0.05, 0) is 55.2 Å². The van der Waals surface area contributed by atoms with Crippen molar-refractivity contribution in [2.24, 2.45) is 7.05 Å². The third-order valence-electron chi connectivity index (χ3n) is 9.35. The Hall–Kier alpha value is -5.19. The van der Waals surface area contributed by atoms with Gasteiger partial charge in [-0.3, -0.25) is 18.7 Å². The van der Waals surface area contributed by atoms with Crippen molar-refractivity contribution in [3.05, 3.63) is 92.9 Å². The summed E-state index contributed by atoms with van der Waals surface area (Å²) in [5.41, 5.74) is 3.85. The molecule has 5 heterocycles. The summed E-state index contributed by atoms with van der Waals surface area (Å²) in [6, 6.07) is 12.2. The van der Waals surface area contributed by atoms with Gasteiger partial charge >= 0.3 is 11.2 Å². The van der Waals surface area contributed by atoms with Gasteiger partial charge in [0.25, 0.3) is 0 Å². The van der Waals surface area contributed by atoms with Crippen LogP contribution in [0, 0.1) is 12.7 Å². The highest BCUT2D eigenvalue weighted by Gasteiger charge is 2.40. The van der Waals surface area contributed by atoms with Crippen molar-refractivity contribution < 1.29 is 13.9 Å². The van der Waals surface area contributed by atoms with E-state index in [0.717, 1.165) is 11.1 Å². The van der Waals surface area contributed by atoms with Crippen LogP contribution in [0.1, 0.15) is 37.8 Å². The summed E-state index contributed by atoms with van der Waals surface area (Å²) in [5, 5.41) is 0.419. The molecule has 2 unspecified atom stereocenters. The van der Waals surface area contributed by atoms with Gasteiger partial charge in [-0.1, -0.05) is 44.7 Å². The molecule has 1 N–H and O–H groups in total. The van der Waals surface area contributed by atoms with E-state index in [2.05, 4.69) is 16.5 Å². The Balaban J connectivity index is 1.57. The number of anilines is 1. The first-order chi connectivity index (χ1) is 22.0. The van der Waals surface area contributed by atoms with Gasteiger partial charge in [0.15, 0.2) is 5.65 Å². The Morgan fingerprint density at radius 1 is 1.17 bits per heavy atom. The topological polar surface area (TPSA) is 105 Å². The van der Waals surface area contributed by atoms with Crippen LogP contribution < -0.4 is 20.9 Å². The SMILES string of the molecule is C=CC(=O)N1CC2COc3c(c4cc(F)c(-c5c(C)ccc6[nH]c(=O)n(C)c56)nc4n(-c4ccccc4C(C)C)c3=O)N2CC1C. The molecule has 236 valence electrons. The molecule has 2 aliphatic heterocycles. The highest BCUT2D eigenvalue weighted by atomic mass is 19.1. The minimum atomic E-state index is -0.600. The van der Waals surface area contributed by atoms with Crippen molar-refractivity contribution in [1.82, 2.24) is 24.0 Å². The maximum absolute atomic E-state index is 16.6. The molecular formula is C35H35FN6O4. The van der Waals surface area contributed by atoms with E-state index < -0.39 is 11.4 Å². The van der Waals surface area contributed by atoms with Gasteiger partial charge in [0.05, 0.1) is 28.5 Å². The van der Waals surface area contributed by atoms with Gasteiger partial charge in [-0.15, -0.1) is 0 Å². The lowest BCUT2D eigenvalue weighted by atomic mass is 9.99. The fraction of sp³-hybridized carbons (Fsp3) is 0.314.